The molecule has 24 heavy (non-hydrogen) atoms. The van der Waals surface area contributed by atoms with E-state index in [1.807, 2.05) is 19.9 Å². The number of carbonyl (C=O) groups excluding carboxylic acids is 1. The molecule has 7 heteroatoms. The van der Waals surface area contributed by atoms with Crippen LogP contribution in [0.4, 0.5) is 0 Å². The molecule has 2 N–H and O–H groups in total. The molecular formula is C17H20Cl2N4O. The molecule has 1 aliphatic heterocycles. The van der Waals surface area contributed by atoms with E-state index in [-0.39, 0.29) is 11.9 Å². The fraction of sp³-hybridized carbons (Fsp3) is 0.412. The summed E-state index contributed by atoms with van der Waals surface area (Å²) in [5.41, 5.74) is 3.44. The lowest BCUT2D eigenvalue weighted by atomic mass is 10.1. The molecule has 0 radical (unpaired) electrons. The molecule has 1 atom stereocenters. The van der Waals surface area contributed by atoms with Crippen LogP contribution in [0.2, 0.25) is 10.0 Å². The number of aromatic nitrogens is 2. The third kappa shape index (κ3) is 3.58. The van der Waals surface area contributed by atoms with Gasteiger partial charge in [0, 0.05) is 28.9 Å². The Morgan fingerprint density at radius 1 is 1.42 bits per heavy atom. The summed E-state index contributed by atoms with van der Waals surface area (Å²) in [4.78, 5) is 12.3. The fourth-order valence-electron chi connectivity index (χ4n) is 3.04. The largest absolute Gasteiger partial charge is 0.352 e. The van der Waals surface area contributed by atoms with Crippen molar-refractivity contribution in [2.24, 2.45) is 0 Å². The Hall–Kier alpha value is -1.56. The van der Waals surface area contributed by atoms with E-state index in [1.165, 1.54) is 0 Å². The second kappa shape index (κ2) is 7.13. The summed E-state index contributed by atoms with van der Waals surface area (Å²) in [5, 5.41) is 12.0. The summed E-state index contributed by atoms with van der Waals surface area (Å²) >= 11 is 12.2. The molecule has 1 aromatic heterocycles. The summed E-state index contributed by atoms with van der Waals surface area (Å²) in [6, 6.07) is 5.52. The van der Waals surface area contributed by atoms with Crippen molar-refractivity contribution >= 4 is 29.1 Å². The highest BCUT2D eigenvalue weighted by atomic mass is 35.5. The average Bonchev–Trinajstić information content (AvgIpc) is 3.11. The summed E-state index contributed by atoms with van der Waals surface area (Å²) in [7, 11) is 0. The second-order valence-electron chi connectivity index (χ2n) is 6.09. The lowest BCUT2D eigenvalue weighted by Gasteiger charge is -2.11. The SMILES string of the molecule is Cc1nn(-c2ccc(Cl)cc2Cl)c(C)c1CC(=O)NC1CCNC1. The summed E-state index contributed by atoms with van der Waals surface area (Å²) in [6.45, 7) is 5.65. The predicted octanol–water partition coefficient (Wildman–Crippen LogP) is 2.82. The number of halogens is 2. The van der Waals surface area contributed by atoms with E-state index in [4.69, 9.17) is 23.2 Å². The molecule has 0 spiro atoms. The predicted molar refractivity (Wildman–Crippen MR) is 96.2 cm³/mol. The van der Waals surface area contributed by atoms with Crippen LogP contribution in [-0.4, -0.2) is 34.8 Å². The van der Waals surface area contributed by atoms with Gasteiger partial charge < -0.3 is 10.6 Å². The lowest BCUT2D eigenvalue weighted by molar-refractivity contribution is -0.121. The zero-order valence-electron chi connectivity index (χ0n) is 13.7. The monoisotopic (exact) mass is 366 g/mol. The van der Waals surface area contributed by atoms with Crippen molar-refractivity contribution in [3.05, 3.63) is 45.2 Å². The number of amides is 1. The maximum atomic E-state index is 12.3. The van der Waals surface area contributed by atoms with Crippen molar-refractivity contribution in [3.63, 3.8) is 0 Å². The van der Waals surface area contributed by atoms with Gasteiger partial charge in [0.1, 0.15) is 0 Å². The maximum absolute atomic E-state index is 12.3. The van der Waals surface area contributed by atoms with Crippen molar-refractivity contribution in [2.75, 3.05) is 13.1 Å². The minimum atomic E-state index is 0.0247. The molecule has 0 bridgehead atoms. The maximum Gasteiger partial charge on any atom is 0.224 e. The minimum absolute atomic E-state index is 0.0247. The molecule has 1 fully saturated rings. The number of nitrogens with zero attached hydrogens (tertiary/aromatic N) is 2. The smallest absolute Gasteiger partial charge is 0.224 e. The first-order valence-corrected chi connectivity index (χ1v) is 8.72. The van der Waals surface area contributed by atoms with E-state index in [0.717, 1.165) is 42.1 Å². The van der Waals surface area contributed by atoms with Crippen LogP contribution >= 0.6 is 23.2 Å². The Morgan fingerprint density at radius 3 is 2.88 bits per heavy atom. The highest BCUT2D eigenvalue weighted by molar-refractivity contribution is 6.35. The number of hydrogen-bond acceptors (Lipinski definition) is 3. The zero-order chi connectivity index (χ0) is 17.3. The van der Waals surface area contributed by atoms with Gasteiger partial charge in [-0.15, -0.1) is 0 Å². The van der Waals surface area contributed by atoms with Gasteiger partial charge in [-0.3, -0.25) is 4.79 Å². The van der Waals surface area contributed by atoms with Crippen molar-refractivity contribution in [3.8, 4) is 5.69 Å². The van der Waals surface area contributed by atoms with Gasteiger partial charge in [0.2, 0.25) is 5.91 Å². The third-order valence-electron chi connectivity index (χ3n) is 4.34. The molecular weight excluding hydrogens is 347 g/mol. The average molecular weight is 367 g/mol. The van der Waals surface area contributed by atoms with Gasteiger partial charge in [-0.1, -0.05) is 23.2 Å². The molecule has 1 unspecified atom stereocenters. The Labute approximate surface area is 151 Å². The quantitative estimate of drug-likeness (QED) is 0.874. The molecule has 2 heterocycles. The zero-order valence-corrected chi connectivity index (χ0v) is 15.2. The van der Waals surface area contributed by atoms with Crippen molar-refractivity contribution in [2.45, 2.75) is 32.7 Å². The van der Waals surface area contributed by atoms with Gasteiger partial charge in [0.15, 0.2) is 0 Å². The van der Waals surface area contributed by atoms with E-state index in [0.29, 0.717) is 16.5 Å². The van der Waals surface area contributed by atoms with E-state index in [9.17, 15) is 4.79 Å². The first-order chi connectivity index (χ1) is 11.5. The van der Waals surface area contributed by atoms with Crippen molar-refractivity contribution in [1.82, 2.24) is 20.4 Å². The van der Waals surface area contributed by atoms with Crippen LogP contribution in [0.25, 0.3) is 5.69 Å². The third-order valence-corrected chi connectivity index (χ3v) is 4.88. The Morgan fingerprint density at radius 2 is 2.21 bits per heavy atom. The van der Waals surface area contributed by atoms with E-state index in [2.05, 4.69) is 15.7 Å². The van der Waals surface area contributed by atoms with Crippen molar-refractivity contribution in [1.29, 1.82) is 0 Å². The molecule has 1 saturated heterocycles. The molecule has 5 nitrogen and oxygen atoms in total. The molecule has 1 aliphatic rings. The Kier molecular flexibility index (Phi) is 5.13. The highest BCUT2D eigenvalue weighted by Gasteiger charge is 2.20. The number of aryl methyl sites for hydroxylation is 1. The number of carbonyl (C=O) groups is 1. The fourth-order valence-corrected chi connectivity index (χ4v) is 3.52. The Balaban J connectivity index is 1.82. The molecule has 128 valence electrons. The molecule has 1 aromatic carbocycles. The lowest BCUT2D eigenvalue weighted by Crippen LogP contribution is -2.37. The van der Waals surface area contributed by atoms with Crippen LogP contribution in [0.1, 0.15) is 23.4 Å². The highest BCUT2D eigenvalue weighted by Crippen LogP contribution is 2.27. The van der Waals surface area contributed by atoms with Crippen LogP contribution < -0.4 is 10.6 Å². The van der Waals surface area contributed by atoms with Gasteiger partial charge in [-0.2, -0.15) is 5.10 Å². The van der Waals surface area contributed by atoms with Crippen LogP contribution in [0, 0.1) is 13.8 Å². The van der Waals surface area contributed by atoms with Crippen LogP contribution in [0.5, 0.6) is 0 Å². The van der Waals surface area contributed by atoms with Gasteiger partial charge in [0.25, 0.3) is 0 Å². The number of rotatable bonds is 4. The van der Waals surface area contributed by atoms with Crippen LogP contribution in [0.15, 0.2) is 18.2 Å². The van der Waals surface area contributed by atoms with Gasteiger partial charge in [-0.05, 0) is 45.0 Å². The normalized spacial score (nSPS) is 17.2. The summed E-state index contributed by atoms with van der Waals surface area (Å²) in [6.07, 6.45) is 1.29. The van der Waals surface area contributed by atoms with Crippen molar-refractivity contribution < 1.29 is 4.79 Å². The standard InChI is InChI=1S/C17H20Cl2N4O/c1-10-14(8-17(24)21-13-5-6-20-9-13)11(2)23(22-10)16-4-3-12(18)7-15(16)19/h3-4,7,13,20H,5-6,8-9H2,1-2H3,(H,21,24). The molecule has 2 aromatic rings. The van der Waals surface area contributed by atoms with E-state index >= 15 is 0 Å². The summed E-state index contributed by atoms with van der Waals surface area (Å²) < 4.78 is 1.77. The first kappa shape index (κ1) is 17.3. The minimum Gasteiger partial charge on any atom is -0.352 e. The van der Waals surface area contributed by atoms with Crippen LogP contribution in [0.3, 0.4) is 0 Å². The van der Waals surface area contributed by atoms with Gasteiger partial charge in [0.05, 0.1) is 22.8 Å². The van der Waals surface area contributed by atoms with Crippen LogP contribution in [-0.2, 0) is 11.2 Å². The molecule has 1 amide bonds. The second-order valence-corrected chi connectivity index (χ2v) is 6.93. The number of benzene rings is 1. The number of nitrogens with one attached hydrogen (secondary N) is 2. The van der Waals surface area contributed by atoms with Gasteiger partial charge >= 0.3 is 0 Å². The summed E-state index contributed by atoms with van der Waals surface area (Å²) in [5.74, 6) is 0.0247. The van der Waals surface area contributed by atoms with E-state index in [1.54, 1.807) is 16.8 Å². The van der Waals surface area contributed by atoms with E-state index < -0.39 is 0 Å². The number of hydrogen-bond donors (Lipinski definition) is 2. The first-order valence-electron chi connectivity index (χ1n) is 7.96. The molecule has 3 rings (SSSR count). The Bertz CT molecular complexity index is 766. The van der Waals surface area contributed by atoms with Gasteiger partial charge in [-0.25, -0.2) is 4.68 Å². The molecule has 0 aliphatic carbocycles. The molecule has 0 saturated carbocycles. The topological polar surface area (TPSA) is 59.0 Å².